The van der Waals surface area contributed by atoms with E-state index < -0.39 is 0 Å². The Morgan fingerprint density at radius 3 is 2.50 bits per heavy atom. The van der Waals surface area contributed by atoms with Crippen LogP contribution in [-0.2, 0) is 11.4 Å². The normalized spacial score (nSPS) is 10.7. The zero-order chi connectivity index (χ0) is 16.6. The topological polar surface area (TPSA) is 38.3 Å². The molecule has 1 aromatic heterocycles. The van der Waals surface area contributed by atoms with E-state index in [1.54, 1.807) is 17.4 Å². The minimum atomic E-state index is -0.152. The molecule has 24 heavy (non-hydrogen) atoms. The summed E-state index contributed by atoms with van der Waals surface area (Å²) >= 11 is 1.59. The van der Waals surface area contributed by atoms with Crippen LogP contribution < -0.4 is 10.1 Å². The number of rotatable bonds is 6. The molecular weight excluding hydrogens is 318 g/mol. The summed E-state index contributed by atoms with van der Waals surface area (Å²) in [7, 11) is 0. The predicted octanol–water partition coefficient (Wildman–Crippen LogP) is 4.98. The fourth-order valence-electron chi connectivity index (χ4n) is 2.10. The number of thiophene rings is 1. The SMILES string of the molecule is O=C(/C=C/c1cccs1)Nc1ccc(OCc2ccccc2)cc1. The fourth-order valence-corrected chi connectivity index (χ4v) is 2.72. The number of carbonyl (C=O) groups is 1. The van der Waals surface area contributed by atoms with Crippen LogP contribution in [-0.4, -0.2) is 5.91 Å². The third-order valence-corrected chi connectivity index (χ3v) is 4.15. The number of carbonyl (C=O) groups excluding carboxylic acids is 1. The second kappa shape index (κ2) is 8.13. The summed E-state index contributed by atoms with van der Waals surface area (Å²) in [5, 5.41) is 4.81. The Labute approximate surface area is 145 Å². The number of anilines is 1. The first-order chi connectivity index (χ1) is 11.8. The van der Waals surface area contributed by atoms with Crippen molar-refractivity contribution >= 4 is 29.0 Å². The molecule has 0 unspecified atom stereocenters. The number of hydrogen-bond acceptors (Lipinski definition) is 3. The van der Waals surface area contributed by atoms with Gasteiger partial charge in [0.2, 0.25) is 5.91 Å². The molecule has 0 radical (unpaired) electrons. The minimum Gasteiger partial charge on any atom is -0.489 e. The first-order valence-electron chi connectivity index (χ1n) is 7.59. The molecule has 1 amide bonds. The second-order valence-corrected chi connectivity index (χ2v) is 6.12. The molecule has 0 saturated heterocycles. The first-order valence-corrected chi connectivity index (χ1v) is 8.47. The van der Waals surface area contributed by atoms with Crippen LogP contribution in [0.2, 0.25) is 0 Å². The Bertz CT molecular complexity index is 793. The summed E-state index contributed by atoms with van der Waals surface area (Å²) < 4.78 is 5.72. The standard InChI is InChI=1S/C20H17NO2S/c22-20(13-12-19-7-4-14-24-19)21-17-8-10-18(11-9-17)23-15-16-5-2-1-3-6-16/h1-14H,15H2,(H,21,22)/b13-12+. The fraction of sp³-hybridized carbons (Fsp3) is 0.0500. The second-order valence-electron chi connectivity index (χ2n) is 5.14. The zero-order valence-corrected chi connectivity index (χ0v) is 13.8. The van der Waals surface area contributed by atoms with Crippen molar-refractivity contribution in [3.8, 4) is 5.75 Å². The maximum Gasteiger partial charge on any atom is 0.248 e. The highest BCUT2D eigenvalue weighted by molar-refractivity contribution is 7.10. The molecule has 0 aliphatic rings. The van der Waals surface area contributed by atoms with Gasteiger partial charge in [-0.05, 0) is 47.4 Å². The van der Waals surface area contributed by atoms with E-state index in [0.29, 0.717) is 6.61 Å². The summed E-state index contributed by atoms with van der Waals surface area (Å²) in [6, 6.07) is 21.3. The van der Waals surface area contributed by atoms with Crippen molar-refractivity contribution in [2.45, 2.75) is 6.61 Å². The number of nitrogens with one attached hydrogen (secondary N) is 1. The van der Waals surface area contributed by atoms with Gasteiger partial charge in [-0.25, -0.2) is 0 Å². The van der Waals surface area contributed by atoms with Gasteiger partial charge in [-0.2, -0.15) is 0 Å². The molecule has 3 aromatic rings. The number of benzene rings is 2. The number of ether oxygens (including phenoxy) is 1. The maximum absolute atomic E-state index is 11.9. The Kier molecular flexibility index (Phi) is 5.43. The lowest BCUT2D eigenvalue weighted by Crippen LogP contribution is -2.07. The highest BCUT2D eigenvalue weighted by Crippen LogP contribution is 2.17. The van der Waals surface area contributed by atoms with E-state index in [2.05, 4.69) is 5.32 Å². The van der Waals surface area contributed by atoms with Gasteiger partial charge in [-0.3, -0.25) is 4.79 Å². The highest BCUT2D eigenvalue weighted by atomic mass is 32.1. The summed E-state index contributed by atoms with van der Waals surface area (Å²) in [4.78, 5) is 12.9. The Morgan fingerprint density at radius 2 is 1.79 bits per heavy atom. The molecule has 120 valence electrons. The number of amides is 1. The molecule has 0 aliphatic heterocycles. The largest absolute Gasteiger partial charge is 0.489 e. The molecule has 3 nitrogen and oxygen atoms in total. The first kappa shape index (κ1) is 16.0. The summed E-state index contributed by atoms with van der Waals surface area (Å²) in [6.07, 6.45) is 3.34. The third-order valence-electron chi connectivity index (χ3n) is 3.31. The molecule has 0 atom stereocenters. The van der Waals surface area contributed by atoms with Crippen LogP contribution in [0.25, 0.3) is 6.08 Å². The maximum atomic E-state index is 11.9. The van der Waals surface area contributed by atoms with Crippen molar-refractivity contribution < 1.29 is 9.53 Å². The van der Waals surface area contributed by atoms with E-state index in [4.69, 9.17) is 4.74 Å². The van der Waals surface area contributed by atoms with Gasteiger partial charge >= 0.3 is 0 Å². The molecule has 0 spiro atoms. The zero-order valence-electron chi connectivity index (χ0n) is 13.0. The van der Waals surface area contributed by atoms with Gasteiger partial charge in [0, 0.05) is 16.6 Å². The smallest absolute Gasteiger partial charge is 0.248 e. The third kappa shape index (κ3) is 4.83. The van der Waals surface area contributed by atoms with E-state index >= 15 is 0 Å². The van der Waals surface area contributed by atoms with Crippen molar-refractivity contribution in [1.82, 2.24) is 0 Å². The van der Waals surface area contributed by atoms with Crippen LogP contribution in [0.5, 0.6) is 5.75 Å². The monoisotopic (exact) mass is 335 g/mol. The molecule has 4 heteroatoms. The molecule has 0 aliphatic carbocycles. The summed E-state index contributed by atoms with van der Waals surface area (Å²) in [5.74, 6) is 0.618. The van der Waals surface area contributed by atoms with E-state index in [1.165, 1.54) is 6.08 Å². The van der Waals surface area contributed by atoms with Crippen molar-refractivity contribution in [1.29, 1.82) is 0 Å². The van der Waals surface area contributed by atoms with E-state index in [-0.39, 0.29) is 5.91 Å². The van der Waals surface area contributed by atoms with Crippen molar-refractivity contribution in [3.05, 3.63) is 88.6 Å². The van der Waals surface area contributed by atoms with Gasteiger partial charge in [-0.15, -0.1) is 11.3 Å². The quantitative estimate of drug-likeness (QED) is 0.645. The van der Waals surface area contributed by atoms with Gasteiger partial charge in [-0.1, -0.05) is 36.4 Å². The molecule has 3 rings (SSSR count). The summed E-state index contributed by atoms with van der Waals surface area (Å²) in [6.45, 7) is 0.524. The minimum absolute atomic E-state index is 0.152. The average Bonchev–Trinajstić information content (AvgIpc) is 3.14. The van der Waals surface area contributed by atoms with Crippen LogP contribution in [0, 0.1) is 0 Å². The highest BCUT2D eigenvalue weighted by Gasteiger charge is 2.00. The molecule has 1 heterocycles. The Morgan fingerprint density at radius 1 is 1.00 bits per heavy atom. The Balaban J connectivity index is 1.51. The molecular formula is C20H17NO2S. The van der Waals surface area contributed by atoms with Crippen LogP contribution in [0.15, 0.2) is 78.2 Å². The van der Waals surface area contributed by atoms with Crippen LogP contribution in [0.3, 0.4) is 0 Å². The molecule has 0 bridgehead atoms. The predicted molar refractivity (Wildman–Crippen MR) is 99.2 cm³/mol. The van der Waals surface area contributed by atoms with Crippen LogP contribution >= 0.6 is 11.3 Å². The lowest BCUT2D eigenvalue weighted by atomic mass is 10.2. The lowest BCUT2D eigenvalue weighted by molar-refractivity contribution is -0.111. The lowest BCUT2D eigenvalue weighted by Gasteiger charge is -2.07. The van der Waals surface area contributed by atoms with E-state index in [1.807, 2.05) is 72.1 Å². The Hall–Kier alpha value is -2.85. The molecule has 0 saturated carbocycles. The van der Waals surface area contributed by atoms with Gasteiger partial charge in [0.05, 0.1) is 0 Å². The van der Waals surface area contributed by atoms with Gasteiger partial charge < -0.3 is 10.1 Å². The van der Waals surface area contributed by atoms with Crippen molar-refractivity contribution in [2.24, 2.45) is 0 Å². The van der Waals surface area contributed by atoms with Gasteiger partial charge in [0.15, 0.2) is 0 Å². The van der Waals surface area contributed by atoms with Crippen molar-refractivity contribution in [3.63, 3.8) is 0 Å². The van der Waals surface area contributed by atoms with Crippen molar-refractivity contribution in [2.75, 3.05) is 5.32 Å². The van der Waals surface area contributed by atoms with Gasteiger partial charge in [0.25, 0.3) is 0 Å². The van der Waals surface area contributed by atoms with Crippen LogP contribution in [0.4, 0.5) is 5.69 Å². The van der Waals surface area contributed by atoms with Crippen LogP contribution in [0.1, 0.15) is 10.4 Å². The molecule has 2 aromatic carbocycles. The molecule has 1 N–H and O–H groups in total. The number of hydrogen-bond donors (Lipinski definition) is 1. The summed E-state index contributed by atoms with van der Waals surface area (Å²) in [5.41, 5.74) is 1.86. The van der Waals surface area contributed by atoms with Gasteiger partial charge in [0.1, 0.15) is 12.4 Å². The van der Waals surface area contributed by atoms with E-state index in [0.717, 1.165) is 21.9 Å². The average molecular weight is 335 g/mol. The molecule has 0 fully saturated rings. The van der Waals surface area contributed by atoms with E-state index in [9.17, 15) is 4.79 Å².